The molecule has 0 aromatic heterocycles. The molecule has 86 valence electrons. The van der Waals surface area contributed by atoms with Gasteiger partial charge in [-0.3, -0.25) is 0 Å². The Hall–Kier alpha value is -1.03. The molecule has 1 rings (SSSR count). The van der Waals surface area contributed by atoms with Gasteiger partial charge >= 0.3 is 6.09 Å². The Morgan fingerprint density at radius 3 is 2.47 bits per heavy atom. The molecule has 0 atom stereocenters. The Morgan fingerprint density at radius 2 is 2.07 bits per heavy atom. The SMILES string of the molecule is C=C(CN)C1CN(C(=O)OC(C)(C)C)C1. The number of carbonyl (C=O) groups is 1. The molecule has 0 unspecified atom stereocenters. The first kappa shape index (κ1) is 12.0. The van der Waals surface area contributed by atoms with Crippen LogP contribution in [0.5, 0.6) is 0 Å². The topological polar surface area (TPSA) is 55.6 Å². The predicted octanol–water partition coefficient (Wildman–Crippen LogP) is 1.37. The van der Waals surface area contributed by atoms with E-state index in [0.29, 0.717) is 25.6 Å². The molecule has 4 heteroatoms. The molecule has 0 spiro atoms. The van der Waals surface area contributed by atoms with E-state index in [9.17, 15) is 4.79 Å². The summed E-state index contributed by atoms with van der Waals surface area (Å²) < 4.78 is 5.23. The first-order chi connectivity index (χ1) is 6.83. The Labute approximate surface area is 91.1 Å². The normalized spacial score (nSPS) is 17.2. The van der Waals surface area contributed by atoms with E-state index in [1.165, 1.54) is 0 Å². The Bertz CT molecular complexity index is 262. The molecule has 0 aromatic rings. The lowest BCUT2D eigenvalue weighted by Crippen LogP contribution is -2.52. The van der Waals surface area contributed by atoms with E-state index in [1.807, 2.05) is 20.8 Å². The van der Waals surface area contributed by atoms with Gasteiger partial charge in [-0.2, -0.15) is 0 Å². The molecule has 2 N–H and O–H groups in total. The number of hydrogen-bond acceptors (Lipinski definition) is 3. The van der Waals surface area contributed by atoms with Gasteiger partial charge < -0.3 is 15.4 Å². The second kappa shape index (κ2) is 4.23. The summed E-state index contributed by atoms with van der Waals surface area (Å²) in [6.07, 6.45) is -0.247. The summed E-state index contributed by atoms with van der Waals surface area (Å²) in [5.74, 6) is 0.350. The second-order valence-corrected chi connectivity index (χ2v) is 4.94. The van der Waals surface area contributed by atoms with Crippen LogP contribution in [0.25, 0.3) is 0 Å². The van der Waals surface area contributed by atoms with Gasteiger partial charge in [0.1, 0.15) is 5.60 Å². The maximum atomic E-state index is 11.5. The molecule has 0 radical (unpaired) electrons. The van der Waals surface area contributed by atoms with Crippen LogP contribution in [-0.2, 0) is 4.74 Å². The summed E-state index contributed by atoms with van der Waals surface area (Å²) in [4.78, 5) is 13.2. The Morgan fingerprint density at radius 1 is 1.53 bits per heavy atom. The summed E-state index contributed by atoms with van der Waals surface area (Å²) in [6, 6.07) is 0. The molecule has 0 bridgehead atoms. The molecule has 4 nitrogen and oxygen atoms in total. The van der Waals surface area contributed by atoms with Crippen LogP contribution in [-0.4, -0.2) is 36.2 Å². The van der Waals surface area contributed by atoms with Crippen molar-refractivity contribution in [2.45, 2.75) is 26.4 Å². The van der Waals surface area contributed by atoms with E-state index >= 15 is 0 Å². The van der Waals surface area contributed by atoms with Gasteiger partial charge in [0, 0.05) is 25.6 Å². The van der Waals surface area contributed by atoms with Crippen LogP contribution in [0.4, 0.5) is 4.79 Å². The van der Waals surface area contributed by atoms with E-state index in [4.69, 9.17) is 10.5 Å². The lowest BCUT2D eigenvalue weighted by atomic mass is 9.93. The summed E-state index contributed by atoms with van der Waals surface area (Å²) in [7, 11) is 0. The smallest absolute Gasteiger partial charge is 0.410 e. The number of likely N-dealkylation sites (tertiary alicyclic amines) is 1. The lowest BCUT2D eigenvalue weighted by Gasteiger charge is -2.40. The van der Waals surface area contributed by atoms with Gasteiger partial charge in [-0.1, -0.05) is 12.2 Å². The fourth-order valence-electron chi connectivity index (χ4n) is 1.38. The third-order valence-electron chi connectivity index (χ3n) is 2.37. The van der Waals surface area contributed by atoms with Gasteiger partial charge in [0.25, 0.3) is 0 Å². The molecular weight excluding hydrogens is 192 g/mol. The van der Waals surface area contributed by atoms with Crippen molar-refractivity contribution in [1.82, 2.24) is 4.90 Å². The minimum Gasteiger partial charge on any atom is -0.444 e. The zero-order valence-electron chi connectivity index (χ0n) is 9.75. The highest BCUT2D eigenvalue weighted by Crippen LogP contribution is 2.23. The van der Waals surface area contributed by atoms with Gasteiger partial charge in [0.15, 0.2) is 0 Å². The summed E-state index contributed by atoms with van der Waals surface area (Å²) in [5, 5.41) is 0. The fraction of sp³-hybridized carbons (Fsp3) is 0.727. The zero-order chi connectivity index (χ0) is 11.6. The van der Waals surface area contributed by atoms with E-state index in [2.05, 4.69) is 6.58 Å². The van der Waals surface area contributed by atoms with Crippen LogP contribution < -0.4 is 5.73 Å². The number of amides is 1. The third-order valence-corrected chi connectivity index (χ3v) is 2.37. The Balaban J connectivity index is 2.33. The molecule has 1 heterocycles. The van der Waals surface area contributed by atoms with Crippen LogP contribution in [0.15, 0.2) is 12.2 Å². The van der Waals surface area contributed by atoms with E-state index < -0.39 is 5.60 Å². The van der Waals surface area contributed by atoms with Gasteiger partial charge in [-0.25, -0.2) is 4.79 Å². The highest BCUT2D eigenvalue weighted by atomic mass is 16.6. The highest BCUT2D eigenvalue weighted by Gasteiger charge is 2.34. The standard InChI is InChI=1S/C11H20N2O2/c1-8(5-12)9-6-13(7-9)10(14)15-11(2,3)4/h9H,1,5-7,12H2,2-4H3. The number of nitrogens with zero attached hydrogens (tertiary/aromatic N) is 1. The molecular formula is C11H20N2O2. The van der Waals surface area contributed by atoms with Crippen molar-refractivity contribution in [2.75, 3.05) is 19.6 Å². The van der Waals surface area contributed by atoms with E-state index in [-0.39, 0.29) is 6.09 Å². The van der Waals surface area contributed by atoms with Crippen molar-refractivity contribution in [3.05, 3.63) is 12.2 Å². The molecule has 0 aromatic carbocycles. The average Bonchev–Trinajstić information content (AvgIpc) is 1.97. The summed E-state index contributed by atoms with van der Waals surface area (Å²) in [6.45, 7) is 11.3. The van der Waals surface area contributed by atoms with Crippen molar-refractivity contribution in [1.29, 1.82) is 0 Å². The monoisotopic (exact) mass is 212 g/mol. The van der Waals surface area contributed by atoms with Crippen LogP contribution in [0, 0.1) is 5.92 Å². The van der Waals surface area contributed by atoms with Crippen LogP contribution in [0.1, 0.15) is 20.8 Å². The third kappa shape index (κ3) is 3.23. The molecule has 1 amide bonds. The predicted molar refractivity (Wildman–Crippen MR) is 59.5 cm³/mol. The van der Waals surface area contributed by atoms with Crippen molar-refractivity contribution in [2.24, 2.45) is 11.7 Å². The number of rotatable bonds is 2. The molecule has 1 saturated heterocycles. The van der Waals surface area contributed by atoms with Crippen molar-refractivity contribution < 1.29 is 9.53 Å². The van der Waals surface area contributed by atoms with Gasteiger partial charge in [0.2, 0.25) is 0 Å². The molecule has 0 saturated carbocycles. The number of ether oxygens (including phenoxy) is 1. The maximum Gasteiger partial charge on any atom is 0.410 e. The number of hydrogen-bond donors (Lipinski definition) is 1. The second-order valence-electron chi connectivity index (χ2n) is 4.94. The van der Waals surface area contributed by atoms with Crippen LogP contribution in [0.3, 0.4) is 0 Å². The number of nitrogens with two attached hydrogens (primary N) is 1. The van der Waals surface area contributed by atoms with E-state index in [1.54, 1.807) is 4.90 Å². The number of carbonyl (C=O) groups excluding carboxylic acids is 1. The molecule has 15 heavy (non-hydrogen) atoms. The first-order valence-electron chi connectivity index (χ1n) is 5.19. The molecule has 1 aliphatic rings. The van der Waals surface area contributed by atoms with Crippen LogP contribution >= 0.6 is 0 Å². The highest BCUT2D eigenvalue weighted by molar-refractivity contribution is 5.69. The fourth-order valence-corrected chi connectivity index (χ4v) is 1.38. The van der Waals surface area contributed by atoms with Crippen molar-refractivity contribution in [3.63, 3.8) is 0 Å². The molecule has 0 aliphatic carbocycles. The van der Waals surface area contributed by atoms with Crippen molar-refractivity contribution >= 4 is 6.09 Å². The lowest BCUT2D eigenvalue weighted by molar-refractivity contribution is 0.00363. The summed E-state index contributed by atoms with van der Waals surface area (Å²) in [5.41, 5.74) is 6.06. The molecule has 1 aliphatic heterocycles. The van der Waals surface area contributed by atoms with Crippen molar-refractivity contribution in [3.8, 4) is 0 Å². The minimum absolute atomic E-state index is 0.247. The first-order valence-corrected chi connectivity index (χ1v) is 5.19. The van der Waals surface area contributed by atoms with Crippen LogP contribution in [0.2, 0.25) is 0 Å². The average molecular weight is 212 g/mol. The van der Waals surface area contributed by atoms with Gasteiger partial charge in [-0.05, 0) is 20.8 Å². The maximum absolute atomic E-state index is 11.5. The van der Waals surface area contributed by atoms with Gasteiger partial charge in [0.05, 0.1) is 0 Å². The van der Waals surface area contributed by atoms with E-state index in [0.717, 1.165) is 5.57 Å². The molecule has 1 fully saturated rings. The van der Waals surface area contributed by atoms with Gasteiger partial charge in [-0.15, -0.1) is 0 Å². The zero-order valence-corrected chi connectivity index (χ0v) is 9.75. The quantitative estimate of drug-likeness (QED) is 0.703. The summed E-state index contributed by atoms with van der Waals surface area (Å²) >= 11 is 0. The largest absolute Gasteiger partial charge is 0.444 e. The minimum atomic E-state index is -0.424. The Kier molecular flexibility index (Phi) is 3.39.